The third-order valence-electron chi connectivity index (χ3n) is 2.95. The molecule has 2 rings (SSSR count). The molecule has 1 N–H and O–H groups in total. The van der Waals surface area contributed by atoms with Crippen molar-refractivity contribution in [1.82, 2.24) is 0 Å². The summed E-state index contributed by atoms with van der Waals surface area (Å²) in [7, 11) is 1.28. The van der Waals surface area contributed by atoms with Crippen molar-refractivity contribution in [1.29, 1.82) is 5.26 Å². The summed E-state index contributed by atoms with van der Waals surface area (Å²) in [6.07, 6.45) is 1.60. The molecule has 0 heterocycles. The molecule has 0 radical (unpaired) electrons. The predicted octanol–water partition coefficient (Wildman–Crippen LogP) is 2.69. The molecular formula is C12H12F2N2O. The van der Waals surface area contributed by atoms with Crippen LogP contribution in [0.4, 0.5) is 14.5 Å². The van der Waals surface area contributed by atoms with Crippen molar-refractivity contribution in [2.75, 3.05) is 19.0 Å². The van der Waals surface area contributed by atoms with E-state index in [-0.39, 0.29) is 11.4 Å². The average Bonchev–Trinajstić information content (AvgIpc) is 3.10. The van der Waals surface area contributed by atoms with Crippen LogP contribution >= 0.6 is 0 Å². The molecule has 0 aromatic heterocycles. The molecule has 3 nitrogen and oxygen atoms in total. The second kappa shape index (κ2) is 4.21. The molecule has 17 heavy (non-hydrogen) atoms. The summed E-state index contributed by atoms with van der Waals surface area (Å²) >= 11 is 0. The second-order valence-electron chi connectivity index (χ2n) is 4.21. The lowest BCUT2D eigenvalue weighted by Gasteiger charge is -2.11. The van der Waals surface area contributed by atoms with Gasteiger partial charge in [0.2, 0.25) is 0 Å². The van der Waals surface area contributed by atoms with Gasteiger partial charge in [-0.1, -0.05) is 0 Å². The molecule has 1 aliphatic carbocycles. The van der Waals surface area contributed by atoms with Gasteiger partial charge in [0.05, 0.1) is 24.3 Å². The first-order valence-electron chi connectivity index (χ1n) is 5.28. The van der Waals surface area contributed by atoms with Gasteiger partial charge in [0.15, 0.2) is 11.6 Å². The molecule has 5 heteroatoms. The Morgan fingerprint density at radius 2 is 2.12 bits per heavy atom. The lowest BCUT2D eigenvalue weighted by atomic mass is 10.1. The van der Waals surface area contributed by atoms with Crippen molar-refractivity contribution in [3.63, 3.8) is 0 Å². The van der Waals surface area contributed by atoms with Crippen LogP contribution in [0, 0.1) is 28.4 Å². The third kappa shape index (κ3) is 2.31. The first-order valence-corrected chi connectivity index (χ1v) is 5.28. The summed E-state index contributed by atoms with van der Waals surface area (Å²) in [6.45, 7) is 0.339. The van der Waals surface area contributed by atoms with Gasteiger partial charge in [-0.2, -0.15) is 5.26 Å². The van der Waals surface area contributed by atoms with Gasteiger partial charge in [-0.15, -0.1) is 0 Å². The van der Waals surface area contributed by atoms with Gasteiger partial charge in [-0.25, -0.2) is 8.78 Å². The van der Waals surface area contributed by atoms with Crippen LogP contribution in [0.1, 0.15) is 12.8 Å². The highest BCUT2D eigenvalue weighted by Gasteiger charge is 2.43. The summed E-state index contributed by atoms with van der Waals surface area (Å²) in [6, 6.07) is 4.21. The summed E-state index contributed by atoms with van der Waals surface area (Å²) in [5.41, 5.74) is -0.340. The van der Waals surface area contributed by atoms with E-state index in [1.165, 1.54) is 7.11 Å². The number of nitrogens with zero attached hydrogens (tertiary/aromatic N) is 1. The van der Waals surface area contributed by atoms with Gasteiger partial charge in [0.1, 0.15) is 5.82 Å². The minimum atomic E-state index is -0.627. The number of nitrogens with one attached hydrogen (secondary N) is 1. The first kappa shape index (κ1) is 11.6. The van der Waals surface area contributed by atoms with Crippen LogP contribution in [0.15, 0.2) is 12.1 Å². The Bertz CT molecular complexity index is 478. The molecule has 1 aromatic carbocycles. The van der Waals surface area contributed by atoms with E-state index in [0.29, 0.717) is 6.54 Å². The molecule has 1 saturated carbocycles. The number of hydrogen-bond donors (Lipinski definition) is 1. The SMILES string of the molecule is COc1cc(F)c(NCC2(C#N)CC2)cc1F. The van der Waals surface area contributed by atoms with Gasteiger partial charge < -0.3 is 10.1 Å². The molecule has 0 spiro atoms. The first-order chi connectivity index (χ1) is 8.10. The van der Waals surface area contributed by atoms with Crippen molar-refractivity contribution < 1.29 is 13.5 Å². The van der Waals surface area contributed by atoms with Gasteiger partial charge in [0, 0.05) is 18.7 Å². The van der Waals surface area contributed by atoms with E-state index >= 15 is 0 Å². The fraction of sp³-hybridized carbons (Fsp3) is 0.417. The molecule has 0 saturated heterocycles. The molecule has 1 fully saturated rings. The largest absolute Gasteiger partial charge is 0.494 e. The zero-order valence-electron chi connectivity index (χ0n) is 9.39. The number of rotatable bonds is 4. The van der Waals surface area contributed by atoms with E-state index in [4.69, 9.17) is 5.26 Å². The number of halogens is 2. The number of anilines is 1. The topological polar surface area (TPSA) is 45.0 Å². The standard InChI is InChI=1S/C12H12F2N2O/c1-17-11-5-8(13)10(4-9(11)14)16-7-12(6-15)2-3-12/h4-5,16H,2-3,7H2,1H3. The molecule has 0 atom stereocenters. The van der Waals surface area contributed by atoms with Gasteiger partial charge in [-0.3, -0.25) is 0 Å². The highest BCUT2D eigenvalue weighted by atomic mass is 19.1. The Morgan fingerprint density at radius 3 is 2.65 bits per heavy atom. The van der Waals surface area contributed by atoms with Crippen LogP contribution < -0.4 is 10.1 Å². The molecule has 0 bridgehead atoms. The maximum absolute atomic E-state index is 13.5. The zero-order chi connectivity index (χ0) is 12.5. The Morgan fingerprint density at radius 1 is 1.41 bits per heavy atom. The normalized spacial score (nSPS) is 16.1. The maximum Gasteiger partial charge on any atom is 0.167 e. The number of ether oxygens (including phenoxy) is 1. The summed E-state index contributed by atoms with van der Waals surface area (Å²) < 4.78 is 31.5. The molecular weight excluding hydrogens is 226 g/mol. The minimum absolute atomic E-state index is 0.0600. The summed E-state index contributed by atoms with van der Waals surface area (Å²) in [5.74, 6) is -1.34. The second-order valence-corrected chi connectivity index (χ2v) is 4.21. The molecule has 1 aromatic rings. The molecule has 1 aliphatic rings. The fourth-order valence-corrected chi connectivity index (χ4v) is 1.56. The van der Waals surface area contributed by atoms with Gasteiger partial charge in [-0.05, 0) is 12.8 Å². The summed E-state index contributed by atoms with van der Waals surface area (Å²) in [4.78, 5) is 0. The van der Waals surface area contributed by atoms with Gasteiger partial charge in [0.25, 0.3) is 0 Å². The zero-order valence-corrected chi connectivity index (χ0v) is 9.39. The van der Waals surface area contributed by atoms with Crippen LogP contribution in [0.5, 0.6) is 5.75 Å². The van der Waals surface area contributed by atoms with Crippen LogP contribution in [0.3, 0.4) is 0 Å². The molecule has 0 amide bonds. The average molecular weight is 238 g/mol. The van der Waals surface area contributed by atoms with Gasteiger partial charge >= 0.3 is 0 Å². The van der Waals surface area contributed by atoms with E-state index in [0.717, 1.165) is 25.0 Å². The smallest absolute Gasteiger partial charge is 0.167 e. The van der Waals surface area contributed by atoms with Crippen LogP contribution in [0.2, 0.25) is 0 Å². The van der Waals surface area contributed by atoms with Crippen molar-refractivity contribution in [3.8, 4) is 11.8 Å². The monoisotopic (exact) mass is 238 g/mol. The highest BCUT2D eigenvalue weighted by molar-refractivity contribution is 5.49. The van der Waals surface area contributed by atoms with Crippen molar-refractivity contribution in [2.24, 2.45) is 5.41 Å². The van der Waals surface area contributed by atoms with Crippen molar-refractivity contribution in [3.05, 3.63) is 23.8 Å². The van der Waals surface area contributed by atoms with Crippen LogP contribution in [0.25, 0.3) is 0 Å². The van der Waals surface area contributed by atoms with Crippen molar-refractivity contribution >= 4 is 5.69 Å². The fourth-order valence-electron chi connectivity index (χ4n) is 1.56. The highest BCUT2D eigenvalue weighted by Crippen LogP contribution is 2.44. The minimum Gasteiger partial charge on any atom is -0.494 e. The lowest BCUT2D eigenvalue weighted by Crippen LogP contribution is -2.14. The Balaban J connectivity index is 2.11. The quantitative estimate of drug-likeness (QED) is 0.877. The molecule has 90 valence electrons. The van der Waals surface area contributed by atoms with E-state index in [1.54, 1.807) is 0 Å². The number of methoxy groups -OCH3 is 1. The number of benzene rings is 1. The Labute approximate surface area is 98.0 Å². The predicted molar refractivity (Wildman–Crippen MR) is 58.7 cm³/mol. The van der Waals surface area contributed by atoms with E-state index < -0.39 is 17.0 Å². The molecule has 0 unspecified atom stereocenters. The Hall–Kier alpha value is -1.83. The van der Waals surface area contributed by atoms with Crippen LogP contribution in [-0.2, 0) is 0 Å². The van der Waals surface area contributed by atoms with Crippen molar-refractivity contribution in [2.45, 2.75) is 12.8 Å². The van der Waals surface area contributed by atoms with Crippen LogP contribution in [-0.4, -0.2) is 13.7 Å². The number of hydrogen-bond acceptors (Lipinski definition) is 3. The molecule has 0 aliphatic heterocycles. The van der Waals surface area contributed by atoms with E-state index in [9.17, 15) is 8.78 Å². The van der Waals surface area contributed by atoms with E-state index in [2.05, 4.69) is 16.1 Å². The maximum atomic E-state index is 13.5. The lowest BCUT2D eigenvalue weighted by molar-refractivity contribution is 0.383. The number of nitriles is 1. The summed E-state index contributed by atoms with van der Waals surface area (Å²) in [5, 5.41) is 11.6. The Kier molecular flexibility index (Phi) is 2.88. The van der Waals surface area contributed by atoms with E-state index in [1.807, 2.05) is 0 Å². The third-order valence-corrected chi connectivity index (χ3v) is 2.95.